The van der Waals surface area contributed by atoms with Crippen LogP contribution in [0.2, 0.25) is 5.02 Å². The lowest BCUT2D eigenvalue weighted by molar-refractivity contribution is -0.138. The van der Waals surface area contributed by atoms with Crippen LogP contribution in [-0.2, 0) is 24.1 Å². The van der Waals surface area contributed by atoms with Crippen LogP contribution >= 0.6 is 11.6 Å². The minimum Gasteiger partial charge on any atom is -0.340 e. The zero-order valence-corrected chi connectivity index (χ0v) is 19.1. The number of nitrogens with two attached hydrogens (primary N) is 1. The van der Waals surface area contributed by atoms with Crippen molar-refractivity contribution in [3.05, 3.63) is 64.7 Å². The van der Waals surface area contributed by atoms with Crippen LogP contribution in [0.1, 0.15) is 25.2 Å². The van der Waals surface area contributed by atoms with E-state index in [0.29, 0.717) is 41.7 Å². The van der Waals surface area contributed by atoms with Gasteiger partial charge in [-0.2, -0.15) is 13.2 Å². The second-order valence-corrected chi connectivity index (χ2v) is 9.06. The molecule has 3 aromatic rings. The van der Waals surface area contributed by atoms with Crippen LogP contribution in [0.5, 0.6) is 0 Å². The number of imidazole rings is 1. The zero-order valence-electron chi connectivity index (χ0n) is 18.4. The van der Waals surface area contributed by atoms with Crippen molar-refractivity contribution in [2.75, 3.05) is 11.9 Å². The van der Waals surface area contributed by atoms with Crippen LogP contribution in [0.15, 0.2) is 42.5 Å². The Morgan fingerprint density at radius 3 is 2.38 bits per heavy atom. The van der Waals surface area contributed by atoms with Gasteiger partial charge in [-0.3, -0.25) is 4.79 Å². The van der Waals surface area contributed by atoms with Crippen LogP contribution in [0.3, 0.4) is 0 Å². The Bertz CT molecular complexity index is 1230. The van der Waals surface area contributed by atoms with E-state index in [4.69, 9.17) is 17.3 Å². The summed E-state index contributed by atoms with van der Waals surface area (Å²) in [5.74, 6) is 0.410. The van der Waals surface area contributed by atoms with E-state index in [1.54, 1.807) is 30.9 Å². The number of aromatic nitrogens is 2. The van der Waals surface area contributed by atoms with E-state index in [0.717, 1.165) is 6.07 Å². The number of benzene rings is 2. The maximum absolute atomic E-state index is 13.5. The van der Waals surface area contributed by atoms with Gasteiger partial charge in [0.15, 0.2) is 0 Å². The molecule has 6 nitrogen and oxygen atoms in total. The second-order valence-electron chi connectivity index (χ2n) is 8.65. The smallest absolute Gasteiger partial charge is 0.340 e. The highest BCUT2D eigenvalue weighted by Gasteiger charge is 2.34. The van der Waals surface area contributed by atoms with Gasteiger partial charge in [-0.15, -0.1) is 0 Å². The fourth-order valence-corrected chi connectivity index (χ4v) is 4.10. The van der Waals surface area contributed by atoms with E-state index in [2.05, 4.69) is 10.3 Å². The number of halogens is 5. The molecule has 1 aromatic heterocycles. The second kappa shape index (κ2) is 8.59. The third-order valence-electron chi connectivity index (χ3n) is 5.47. The largest absolute Gasteiger partial charge is 0.417 e. The number of nitrogens with one attached hydrogen (secondary N) is 1. The average molecular weight is 496 g/mol. The highest BCUT2D eigenvalue weighted by molar-refractivity contribution is 6.31. The highest BCUT2D eigenvalue weighted by atomic mass is 35.5. The summed E-state index contributed by atoms with van der Waals surface area (Å²) in [6, 6.07) is 9.06. The number of nitrogens with zero attached hydrogens (tertiary/aromatic N) is 3. The molecule has 0 fully saturated rings. The summed E-state index contributed by atoms with van der Waals surface area (Å²) < 4.78 is 54.6. The number of hydrogen-bond donors (Lipinski definition) is 2. The third-order valence-corrected chi connectivity index (χ3v) is 5.78. The summed E-state index contributed by atoms with van der Waals surface area (Å²) in [5, 5.41) is 2.67. The minimum absolute atomic E-state index is 0.198. The Hall–Kier alpha value is -3.11. The SMILES string of the molecule is CC(C)(N)C(=O)N1CCn2c(nc(-c3ccc(F)cc3)c2Nc2ccc(C(F)(F)F)c(Cl)c2)C1. The molecule has 180 valence electrons. The van der Waals surface area contributed by atoms with Crippen LogP contribution in [0.25, 0.3) is 11.3 Å². The van der Waals surface area contributed by atoms with Crippen molar-refractivity contribution < 1.29 is 22.4 Å². The molecular weight excluding hydrogens is 474 g/mol. The number of fused-ring (bicyclic) bond motifs is 1. The summed E-state index contributed by atoms with van der Waals surface area (Å²) in [4.78, 5) is 18.9. The summed E-state index contributed by atoms with van der Waals surface area (Å²) in [5.41, 5.74) is 5.37. The Morgan fingerprint density at radius 2 is 1.79 bits per heavy atom. The van der Waals surface area contributed by atoms with Gasteiger partial charge < -0.3 is 20.5 Å². The minimum atomic E-state index is -4.57. The summed E-state index contributed by atoms with van der Waals surface area (Å²) in [6.45, 7) is 4.20. The fraction of sp³-hybridized carbons (Fsp3) is 0.304. The van der Waals surface area contributed by atoms with Crippen molar-refractivity contribution in [2.45, 2.75) is 38.7 Å². The van der Waals surface area contributed by atoms with E-state index in [9.17, 15) is 22.4 Å². The summed E-state index contributed by atoms with van der Waals surface area (Å²) in [7, 11) is 0. The predicted molar refractivity (Wildman–Crippen MR) is 121 cm³/mol. The number of hydrogen-bond acceptors (Lipinski definition) is 4. The third kappa shape index (κ3) is 4.74. The topological polar surface area (TPSA) is 76.2 Å². The van der Waals surface area contributed by atoms with Gasteiger partial charge in [0.1, 0.15) is 23.2 Å². The van der Waals surface area contributed by atoms with Gasteiger partial charge in [-0.25, -0.2) is 9.37 Å². The first-order valence-electron chi connectivity index (χ1n) is 10.4. The Balaban J connectivity index is 1.75. The van der Waals surface area contributed by atoms with Crippen LogP contribution < -0.4 is 11.1 Å². The van der Waals surface area contributed by atoms with Crippen LogP contribution in [0, 0.1) is 5.82 Å². The molecule has 34 heavy (non-hydrogen) atoms. The van der Waals surface area contributed by atoms with Crippen molar-refractivity contribution >= 4 is 29.0 Å². The molecule has 0 saturated carbocycles. The molecule has 1 amide bonds. The highest BCUT2D eigenvalue weighted by Crippen LogP contribution is 2.38. The predicted octanol–water partition coefficient (Wildman–Crippen LogP) is 5.18. The van der Waals surface area contributed by atoms with Gasteiger partial charge in [-0.1, -0.05) is 11.6 Å². The van der Waals surface area contributed by atoms with Crippen LogP contribution in [0.4, 0.5) is 29.1 Å². The van der Waals surface area contributed by atoms with Crippen molar-refractivity contribution in [1.82, 2.24) is 14.5 Å². The molecule has 3 N–H and O–H groups in total. The van der Waals surface area contributed by atoms with Crippen LogP contribution in [-0.4, -0.2) is 32.4 Å². The number of amides is 1. The first kappa shape index (κ1) is 24.0. The lowest BCUT2D eigenvalue weighted by atomic mass is 10.1. The zero-order chi connectivity index (χ0) is 24.8. The fourth-order valence-electron chi connectivity index (χ4n) is 3.81. The number of anilines is 2. The van der Waals surface area contributed by atoms with Crippen molar-refractivity contribution in [3.8, 4) is 11.3 Å². The lowest BCUT2D eigenvalue weighted by Crippen LogP contribution is -2.52. The molecule has 1 aliphatic heterocycles. The van der Waals surface area contributed by atoms with Gasteiger partial charge in [0.2, 0.25) is 5.91 Å². The first-order valence-corrected chi connectivity index (χ1v) is 10.8. The lowest BCUT2D eigenvalue weighted by Gasteiger charge is -2.33. The Morgan fingerprint density at radius 1 is 1.12 bits per heavy atom. The van der Waals surface area contributed by atoms with Gasteiger partial charge in [0.25, 0.3) is 0 Å². The molecule has 0 spiro atoms. The molecule has 2 aromatic carbocycles. The number of rotatable bonds is 4. The molecule has 0 atom stereocenters. The molecule has 0 aliphatic carbocycles. The van der Waals surface area contributed by atoms with E-state index in [-0.39, 0.29) is 12.5 Å². The molecule has 2 heterocycles. The Labute approximate surface area is 198 Å². The molecule has 0 saturated heterocycles. The average Bonchev–Trinajstić information content (AvgIpc) is 3.09. The van der Waals surface area contributed by atoms with Gasteiger partial charge in [0.05, 0.1) is 22.7 Å². The van der Waals surface area contributed by atoms with E-state index in [1.807, 2.05) is 4.57 Å². The van der Waals surface area contributed by atoms with Gasteiger partial charge in [0, 0.05) is 24.3 Å². The van der Waals surface area contributed by atoms with Gasteiger partial charge in [-0.05, 0) is 56.3 Å². The summed E-state index contributed by atoms with van der Waals surface area (Å²) >= 11 is 5.89. The molecule has 0 unspecified atom stereocenters. The molecular formula is C23H22ClF4N5O. The number of carbonyl (C=O) groups excluding carboxylic acids is 1. The number of carbonyl (C=O) groups is 1. The molecule has 1 aliphatic rings. The monoisotopic (exact) mass is 495 g/mol. The maximum atomic E-state index is 13.5. The van der Waals surface area contributed by atoms with Gasteiger partial charge >= 0.3 is 6.18 Å². The standard InChI is InChI=1S/C23H22ClF4N5O/c1-22(2,29)21(34)32-9-10-33-18(12-32)31-19(13-3-5-14(25)6-4-13)20(33)30-15-7-8-16(17(24)11-15)23(26,27)28/h3-8,11,30H,9-10,12,29H2,1-2H3. The summed E-state index contributed by atoms with van der Waals surface area (Å²) in [6.07, 6.45) is -4.57. The Kier molecular flexibility index (Phi) is 6.07. The number of alkyl halides is 3. The molecule has 0 bridgehead atoms. The van der Waals surface area contributed by atoms with Crippen molar-refractivity contribution in [3.63, 3.8) is 0 Å². The molecule has 0 radical (unpaired) electrons. The van der Waals surface area contributed by atoms with Crippen molar-refractivity contribution in [1.29, 1.82) is 0 Å². The maximum Gasteiger partial charge on any atom is 0.417 e. The van der Waals surface area contributed by atoms with E-state index < -0.39 is 28.1 Å². The quantitative estimate of drug-likeness (QED) is 0.489. The van der Waals surface area contributed by atoms with E-state index in [1.165, 1.54) is 24.3 Å². The first-order chi connectivity index (χ1) is 15.8. The van der Waals surface area contributed by atoms with Crippen molar-refractivity contribution in [2.24, 2.45) is 5.73 Å². The van der Waals surface area contributed by atoms with E-state index >= 15 is 0 Å². The molecule has 4 rings (SSSR count). The normalized spacial score (nSPS) is 14.2. The molecule has 11 heteroatoms.